The number of carbonyl (C=O) groups is 1. The highest BCUT2D eigenvalue weighted by molar-refractivity contribution is 5.77. The smallest absolute Gasteiger partial charge is 0.320 e. The van der Waals surface area contributed by atoms with Crippen molar-refractivity contribution < 1.29 is 9.53 Å². The van der Waals surface area contributed by atoms with Gasteiger partial charge in [0.05, 0.1) is 5.69 Å². The van der Waals surface area contributed by atoms with Gasteiger partial charge in [0.25, 0.3) is 0 Å². The molecule has 0 aromatic heterocycles. The first-order valence-electron chi connectivity index (χ1n) is 15.2. The summed E-state index contributed by atoms with van der Waals surface area (Å²) < 4.78 is 6.33. The van der Waals surface area contributed by atoms with Crippen LogP contribution in [-0.4, -0.2) is 84.2 Å². The van der Waals surface area contributed by atoms with Crippen LogP contribution >= 0.6 is 0 Å². The summed E-state index contributed by atoms with van der Waals surface area (Å²) in [5, 5.41) is 0. The van der Waals surface area contributed by atoms with Crippen LogP contribution < -0.4 is 9.64 Å². The Balaban J connectivity index is 0.862. The van der Waals surface area contributed by atoms with Crippen molar-refractivity contribution in [1.82, 2.24) is 14.7 Å². The lowest BCUT2D eigenvalue weighted by Crippen LogP contribution is -2.60. The molecule has 0 N–H and O–H groups in total. The lowest BCUT2D eigenvalue weighted by Gasteiger charge is -2.59. The number of para-hydroxylation sites is 1. The molecule has 0 radical (unpaired) electrons. The van der Waals surface area contributed by atoms with Crippen molar-refractivity contribution in [3.63, 3.8) is 0 Å². The molecule has 6 heteroatoms. The Labute approximate surface area is 223 Å². The molecule has 6 fully saturated rings. The number of unbranched alkanes of at least 4 members (excludes halogenated alkanes) is 1. The molecular weight excluding hydrogens is 460 g/mol. The fourth-order valence-corrected chi connectivity index (χ4v) is 9.32. The first-order chi connectivity index (χ1) is 17.9. The Morgan fingerprint density at radius 1 is 0.865 bits per heavy atom. The van der Waals surface area contributed by atoms with E-state index in [0.717, 1.165) is 88.7 Å². The highest BCUT2D eigenvalue weighted by atomic mass is 16.5. The van der Waals surface area contributed by atoms with Gasteiger partial charge in [0.1, 0.15) is 11.4 Å². The van der Waals surface area contributed by atoms with Gasteiger partial charge in [-0.2, -0.15) is 0 Å². The summed E-state index contributed by atoms with van der Waals surface area (Å²) in [6.45, 7) is 12.7. The number of rotatable bonds is 7. The van der Waals surface area contributed by atoms with Crippen LogP contribution in [0, 0.1) is 17.8 Å². The fraction of sp³-hybridized carbons (Fsp3) is 0.774. The van der Waals surface area contributed by atoms with Crippen molar-refractivity contribution in [2.24, 2.45) is 17.8 Å². The monoisotopic (exact) mass is 506 g/mol. The van der Waals surface area contributed by atoms with Crippen LogP contribution in [0.1, 0.15) is 70.8 Å². The summed E-state index contributed by atoms with van der Waals surface area (Å²) in [4.78, 5) is 23.1. The van der Waals surface area contributed by atoms with E-state index in [4.69, 9.17) is 4.74 Å². The number of benzene rings is 1. The van der Waals surface area contributed by atoms with E-state index in [2.05, 4.69) is 51.6 Å². The SMILES string of the molecule is CC1(C)Cc2cccc(N3CCN(CCCCN4CCN(C56CC7CC(CC(C7)C5)C6)C4=O)CC3)c2O1. The molecule has 0 unspecified atom stereocenters. The highest BCUT2D eigenvalue weighted by Crippen LogP contribution is 2.58. The van der Waals surface area contributed by atoms with E-state index >= 15 is 0 Å². The maximum absolute atomic E-state index is 13.4. The Morgan fingerprint density at radius 3 is 2.24 bits per heavy atom. The van der Waals surface area contributed by atoms with Crippen LogP contribution in [0.5, 0.6) is 5.75 Å². The van der Waals surface area contributed by atoms with Crippen LogP contribution in [0.3, 0.4) is 0 Å². The van der Waals surface area contributed by atoms with E-state index in [1.165, 1.54) is 56.2 Å². The molecule has 4 bridgehead atoms. The molecule has 2 saturated heterocycles. The molecule has 6 nitrogen and oxygen atoms in total. The number of amides is 2. The molecule has 0 spiro atoms. The van der Waals surface area contributed by atoms with Crippen molar-refractivity contribution in [1.29, 1.82) is 0 Å². The Morgan fingerprint density at radius 2 is 1.54 bits per heavy atom. The van der Waals surface area contributed by atoms with Crippen LogP contribution in [0.2, 0.25) is 0 Å². The lowest BCUT2D eigenvalue weighted by atomic mass is 9.52. The number of hydrogen-bond donors (Lipinski definition) is 0. The van der Waals surface area contributed by atoms with Gasteiger partial charge in [0.2, 0.25) is 0 Å². The zero-order chi connectivity index (χ0) is 25.2. The number of carbonyl (C=O) groups excluding carboxylic acids is 1. The van der Waals surface area contributed by atoms with E-state index < -0.39 is 0 Å². The second-order valence-electron chi connectivity index (χ2n) is 13.9. The van der Waals surface area contributed by atoms with E-state index in [1.54, 1.807) is 0 Å². The van der Waals surface area contributed by atoms with Crippen LogP contribution in [-0.2, 0) is 6.42 Å². The maximum atomic E-state index is 13.4. The van der Waals surface area contributed by atoms with E-state index in [0.29, 0.717) is 6.03 Å². The molecule has 7 aliphatic rings. The number of anilines is 1. The molecule has 3 heterocycles. The molecule has 3 aliphatic heterocycles. The molecule has 8 rings (SSSR count). The van der Waals surface area contributed by atoms with Crippen LogP contribution in [0.4, 0.5) is 10.5 Å². The molecule has 4 saturated carbocycles. The summed E-state index contributed by atoms with van der Waals surface area (Å²) in [5.41, 5.74) is 2.76. The number of piperazine rings is 1. The minimum Gasteiger partial charge on any atom is -0.485 e. The van der Waals surface area contributed by atoms with Gasteiger partial charge < -0.3 is 19.4 Å². The van der Waals surface area contributed by atoms with Gasteiger partial charge in [0.15, 0.2) is 0 Å². The molecule has 202 valence electrons. The quantitative estimate of drug-likeness (QED) is 0.488. The Bertz CT molecular complexity index is 995. The second-order valence-corrected chi connectivity index (χ2v) is 13.9. The summed E-state index contributed by atoms with van der Waals surface area (Å²) in [6, 6.07) is 7.00. The summed E-state index contributed by atoms with van der Waals surface area (Å²) in [7, 11) is 0. The molecule has 37 heavy (non-hydrogen) atoms. The predicted octanol–water partition coefficient (Wildman–Crippen LogP) is 5.01. The molecule has 0 atom stereocenters. The number of fused-ring (bicyclic) bond motifs is 1. The van der Waals surface area contributed by atoms with E-state index in [9.17, 15) is 4.79 Å². The van der Waals surface area contributed by atoms with E-state index in [-0.39, 0.29) is 11.1 Å². The Kier molecular flexibility index (Phi) is 5.91. The van der Waals surface area contributed by atoms with Crippen molar-refractivity contribution in [2.45, 2.75) is 82.8 Å². The molecule has 1 aromatic rings. The van der Waals surface area contributed by atoms with Crippen LogP contribution in [0.15, 0.2) is 18.2 Å². The van der Waals surface area contributed by atoms with Gasteiger partial charge >= 0.3 is 6.03 Å². The molecule has 1 aromatic carbocycles. The van der Waals surface area contributed by atoms with Crippen molar-refractivity contribution in [3.8, 4) is 5.75 Å². The first-order valence-corrected chi connectivity index (χ1v) is 15.2. The van der Waals surface area contributed by atoms with Gasteiger partial charge in [-0.15, -0.1) is 0 Å². The van der Waals surface area contributed by atoms with Crippen molar-refractivity contribution in [2.75, 3.05) is 57.3 Å². The normalized spacial score (nSPS) is 34.4. The Hall–Kier alpha value is -1.95. The zero-order valence-corrected chi connectivity index (χ0v) is 23.1. The fourth-order valence-electron chi connectivity index (χ4n) is 9.32. The number of hydrogen-bond acceptors (Lipinski definition) is 4. The highest BCUT2D eigenvalue weighted by Gasteiger charge is 2.56. The summed E-state index contributed by atoms with van der Waals surface area (Å²) in [6.07, 6.45) is 11.5. The average Bonchev–Trinajstić information content (AvgIpc) is 3.39. The average molecular weight is 507 g/mol. The van der Waals surface area contributed by atoms with Gasteiger partial charge in [-0.25, -0.2) is 4.79 Å². The van der Waals surface area contributed by atoms with E-state index in [1.807, 2.05) is 0 Å². The molecule has 2 amide bonds. The topological polar surface area (TPSA) is 39.3 Å². The van der Waals surface area contributed by atoms with Gasteiger partial charge in [-0.3, -0.25) is 4.90 Å². The number of ether oxygens (including phenoxy) is 1. The minimum absolute atomic E-state index is 0.0940. The van der Waals surface area contributed by atoms with Crippen LogP contribution in [0.25, 0.3) is 0 Å². The largest absolute Gasteiger partial charge is 0.485 e. The van der Waals surface area contributed by atoms with Crippen molar-refractivity contribution in [3.05, 3.63) is 23.8 Å². The third kappa shape index (κ3) is 4.41. The van der Waals surface area contributed by atoms with Gasteiger partial charge in [0, 0.05) is 63.3 Å². The number of urea groups is 1. The third-order valence-corrected chi connectivity index (χ3v) is 10.6. The van der Waals surface area contributed by atoms with Gasteiger partial charge in [-0.05, 0) is 95.6 Å². The first kappa shape index (κ1) is 24.1. The predicted molar refractivity (Wildman–Crippen MR) is 147 cm³/mol. The molecule has 4 aliphatic carbocycles. The number of nitrogens with zero attached hydrogens (tertiary/aromatic N) is 4. The van der Waals surface area contributed by atoms with Crippen molar-refractivity contribution >= 4 is 11.7 Å². The molecular formula is C31H46N4O2. The van der Waals surface area contributed by atoms with Gasteiger partial charge in [-0.1, -0.05) is 12.1 Å². The third-order valence-electron chi connectivity index (χ3n) is 10.6. The lowest BCUT2D eigenvalue weighted by molar-refractivity contribution is -0.0649. The summed E-state index contributed by atoms with van der Waals surface area (Å²) >= 11 is 0. The maximum Gasteiger partial charge on any atom is 0.320 e. The summed E-state index contributed by atoms with van der Waals surface area (Å²) in [5.74, 6) is 3.81. The standard InChI is InChI=1S/C31H46N4O2/c1-30(2)22-26-6-5-7-27(28(26)37-30)33-12-10-32(11-13-33)8-3-4-9-34-14-15-35(29(34)36)31-19-23-16-24(20-31)18-25(17-23)21-31/h5-7,23-25H,3-4,8-22H2,1-2H3. The zero-order valence-electron chi connectivity index (χ0n) is 23.1. The minimum atomic E-state index is -0.0940. The second kappa shape index (κ2) is 9.07.